The van der Waals surface area contributed by atoms with E-state index in [2.05, 4.69) is 25.9 Å². The number of aromatic nitrogens is 2. The zero-order valence-electron chi connectivity index (χ0n) is 10.5. The molecule has 8 heteroatoms. The van der Waals surface area contributed by atoms with Gasteiger partial charge in [-0.25, -0.2) is 9.97 Å². The molecule has 0 unspecified atom stereocenters. The second kappa shape index (κ2) is 6.19. The summed E-state index contributed by atoms with van der Waals surface area (Å²) >= 11 is 4.92. The van der Waals surface area contributed by atoms with Crippen molar-refractivity contribution in [2.24, 2.45) is 0 Å². The summed E-state index contributed by atoms with van der Waals surface area (Å²) in [6, 6.07) is 6.45. The normalized spacial score (nSPS) is 10.5. The van der Waals surface area contributed by atoms with E-state index in [1.165, 1.54) is 23.9 Å². The predicted octanol–water partition coefficient (Wildman–Crippen LogP) is 3.33. The lowest BCUT2D eigenvalue weighted by Crippen LogP contribution is -1.99. The highest BCUT2D eigenvalue weighted by atomic mass is 79.9. The number of thioether (sulfide) groups is 1. The monoisotopic (exact) mass is 354 g/mol. The van der Waals surface area contributed by atoms with Crippen LogP contribution in [-0.4, -0.2) is 14.9 Å². The van der Waals surface area contributed by atoms with E-state index >= 15 is 0 Å². The number of nitrogens with zero attached hydrogens (tertiary/aromatic N) is 3. The summed E-state index contributed by atoms with van der Waals surface area (Å²) < 4.78 is 0.818. The molecule has 2 N–H and O–H groups in total. The molecule has 1 aromatic carbocycles. The van der Waals surface area contributed by atoms with E-state index in [9.17, 15) is 10.1 Å². The molecule has 1 heterocycles. The number of halogens is 1. The van der Waals surface area contributed by atoms with Crippen LogP contribution in [0.1, 0.15) is 11.3 Å². The van der Waals surface area contributed by atoms with Gasteiger partial charge in [0.1, 0.15) is 5.03 Å². The van der Waals surface area contributed by atoms with Crippen molar-refractivity contribution in [1.29, 1.82) is 0 Å². The van der Waals surface area contributed by atoms with Crippen LogP contribution < -0.4 is 5.73 Å². The Morgan fingerprint density at radius 1 is 1.35 bits per heavy atom. The van der Waals surface area contributed by atoms with Gasteiger partial charge in [-0.3, -0.25) is 10.1 Å². The van der Waals surface area contributed by atoms with Crippen molar-refractivity contribution < 1.29 is 4.92 Å². The highest BCUT2D eigenvalue weighted by Crippen LogP contribution is 2.30. The summed E-state index contributed by atoms with van der Waals surface area (Å²) in [6.07, 6.45) is 0. The molecule has 0 aliphatic carbocycles. The van der Waals surface area contributed by atoms with E-state index in [1.54, 1.807) is 12.1 Å². The molecular weight excluding hydrogens is 344 g/mol. The molecule has 0 aliphatic heterocycles. The van der Waals surface area contributed by atoms with Crippen LogP contribution in [0.4, 0.5) is 11.6 Å². The van der Waals surface area contributed by atoms with Crippen LogP contribution >= 0.6 is 27.7 Å². The molecule has 0 saturated carbocycles. The van der Waals surface area contributed by atoms with E-state index in [0.29, 0.717) is 5.75 Å². The molecule has 6 nitrogen and oxygen atoms in total. The molecule has 0 aliphatic rings. The number of nitro groups is 1. The highest BCUT2D eigenvalue weighted by Gasteiger charge is 2.09. The van der Waals surface area contributed by atoms with Gasteiger partial charge in [0.05, 0.1) is 15.1 Å². The number of nitrogens with two attached hydrogens (primary N) is 1. The third-order valence-electron chi connectivity index (χ3n) is 2.53. The Balaban J connectivity index is 2.11. The molecule has 104 valence electrons. The van der Waals surface area contributed by atoms with Crippen molar-refractivity contribution in [3.8, 4) is 0 Å². The lowest BCUT2D eigenvalue weighted by molar-refractivity contribution is -0.384. The van der Waals surface area contributed by atoms with Gasteiger partial charge in [-0.1, -0.05) is 12.1 Å². The van der Waals surface area contributed by atoms with Crippen LogP contribution in [0.5, 0.6) is 0 Å². The number of non-ortho nitro benzene ring substituents is 1. The third kappa shape index (κ3) is 3.45. The van der Waals surface area contributed by atoms with E-state index in [4.69, 9.17) is 5.73 Å². The van der Waals surface area contributed by atoms with E-state index < -0.39 is 4.92 Å². The summed E-state index contributed by atoms with van der Waals surface area (Å²) in [5, 5.41) is 11.3. The second-order valence-electron chi connectivity index (χ2n) is 4.00. The molecule has 0 atom stereocenters. The SMILES string of the molecule is Cc1nc(N)nc(SCc2ccc([N+](=O)[O-])cc2)c1Br. The second-order valence-corrected chi connectivity index (χ2v) is 5.76. The number of aryl methyl sites for hydroxylation is 1. The lowest BCUT2D eigenvalue weighted by atomic mass is 10.2. The first-order valence-corrected chi connectivity index (χ1v) is 7.41. The number of rotatable bonds is 4. The number of hydrogen-bond acceptors (Lipinski definition) is 6. The van der Waals surface area contributed by atoms with E-state index in [1.807, 2.05) is 6.92 Å². The molecule has 0 amide bonds. The molecule has 0 fully saturated rings. The minimum atomic E-state index is -0.415. The van der Waals surface area contributed by atoms with E-state index in [-0.39, 0.29) is 11.6 Å². The average Bonchev–Trinajstić information content (AvgIpc) is 2.41. The van der Waals surface area contributed by atoms with Crippen molar-refractivity contribution in [3.05, 3.63) is 50.1 Å². The van der Waals surface area contributed by atoms with Crippen molar-refractivity contribution >= 4 is 39.3 Å². The van der Waals surface area contributed by atoms with Gasteiger partial charge in [0.25, 0.3) is 5.69 Å². The van der Waals surface area contributed by atoms with Gasteiger partial charge in [-0.05, 0) is 28.4 Å². The standard InChI is InChI=1S/C12H11BrN4O2S/c1-7-10(13)11(16-12(14)15-7)20-6-8-2-4-9(5-3-8)17(18)19/h2-5H,6H2,1H3,(H2,14,15,16). The molecule has 0 saturated heterocycles. The van der Waals surface area contributed by atoms with Crippen LogP contribution in [0.3, 0.4) is 0 Å². The summed E-state index contributed by atoms with van der Waals surface area (Å²) in [5.74, 6) is 0.879. The number of nitrogen functional groups attached to an aromatic ring is 1. The number of anilines is 1. The third-order valence-corrected chi connectivity index (χ3v) is 4.78. The minimum Gasteiger partial charge on any atom is -0.368 e. The maximum Gasteiger partial charge on any atom is 0.269 e. The topological polar surface area (TPSA) is 94.9 Å². The van der Waals surface area contributed by atoms with Crippen molar-refractivity contribution in [2.45, 2.75) is 17.7 Å². The Bertz CT molecular complexity index is 649. The first-order chi connectivity index (χ1) is 9.47. The fourth-order valence-electron chi connectivity index (χ4n) is 1.51. The molecule has 1 aromatic heterocycles. The largest absolute Gasteiger partial charge is 0.368 e. The number of hydrogen-bond donors (Lipinski definition) is 1. The Labute approximate surface area is 128 Å². The van der Waals surface area contributed by atoms with Crippen LogP contribution in [0.25, 0.3) is 0 Å². The number of nitro benzene ring substituents is 1. The summed E-state index contributed by atoms with van der Waals surface area (Å²) in [6.45, 7) is 1.85. The van der Waals surface area contributed by atoms with Crippen molar-refractivity contribution in [1.82, 2.24) is 9.97 Å². The van der Waals surface area contributed by atoms with Gasteiger partial charge >= 0.3 is 0 Å². The summed E-state index contributed by atoms with van der Waals surface area (Å²) in [4.78, 5) is 18.4. The minimum absolute atomic E-state index is 0.0852. The Kier molecular flexibility index (Phi) is 4.56. The molecule has 20 heavy (non-hydrogen) atoms. The highest BCUT2D eigenvalue weighted by molar-refractivity contribution is 9.10. The molecule has 0 spiro atoms. The smallest absolute Gasteiger partial charge is 0.269 e. The van der Waals surface area contributed by atoms with Gasteiger partial charge in [0, 0.05) is 17.9 Å². The van der Waals surface area contributed by atoms with Crippen molar-refractivity contribution in [2.75, 3.05) is 5.73 Å². The molecule has 2 aromatic rings. The van der Waals surface area contributed by atoms with Crippen LogP contribution in [0, 0.1) is 17.0 Å². The maximum atomic E-state index is 10.6. The Morgan fingerprint density at radius 2 is 2.00 bits per heavy atom. The van der Waals surface area contributed by atoms with Crippen LogP contribution in [0.2, 0.25) is 0 Å². The van der Waals surface area contributed by atoms with Crippen molar-refractivity contribution in [3.63, 3.8) is 0 Å². The first kappa shape index (κ1) is 14.7. The molecule has 0 radical (unpaired) electrons. The van der Waals surface area contributed by atoms with Gasteiger partial charge in [0.2, 0.25) is 5.95 Å². The van der Waals surface area contributed by atoms with Crippen LogP contribution in [0.15, 0.2) is 33.8 Å². The fourth-order valence-corrected chi connectivity index (χ4v) is 2.96. The first-order valence-electron chi connectivity index (χ1n) is 5.63. The molecule has 2 rings (SSSR count). The Hall–Kier alpha value is -1.67. The average molecular weight is 355 g/mol. The van der Waals surface area contributed by atoms with Gasteiger partial charge < -0.3 is 5.73 Å². The molecule has 0 bridgehead atoms. The fraction of sp³-hybridized carbons (Fsp3) is 0.167. The summed E-state index contributed by atoms with van der Waals surface area (Å²) in [5.41, 5.74) is 7.46. The quantitative estimate of drug-likeness (QED) is 0.391. The summed E-state index contributed by atoms with van der Waals surface area (Å²) in [7, 11) is 0. The lowest BCUT2D eigenvalue weighted by Gasteiger charge is -2.06. The van der Waals surface area contributed by atoms with E-state index in [0.717, 1.165) is 20.8 Å². The Morgan fingerprint density at radius 3 is 2.60 bits per heavy atom. The van der Waals surface area contributed by atoms with Crippen LogP contribution in [-0.2, 0) is 5.75 Å². The maximum absolute atomic E-state index is 10.6. The number of benzene rings is 1. The zero-order valence-corrected chi connectivity index (χ0v) is 12.9. The van der Waals surface area contributed by atoms with Gasteiger partial charge in [-0.15, -0.1) is 11.8 Å². The zero-order chi connectivity index (χ0) is 14.7. The van der Waals surface area contributed by atoms with Gasteiger partial charge in [0.15, 0.2) is 0 Å². The van der Waals surface area contributed by atoms with Gasteiger partial charge in [-0.2, -0.15) is 0 Å². The molecular formula is C12H11BrN4O2S. The predicted molar refractivity (Wildman–Crippen MR) is 81.5 cm³/mol.